The van der Waals surface area contributed by atoms with Crippen molar-refractivity contribution < 1.29 is 4.92 Å². The number of benzene rings is 2. The molecular formula is C18H10ClN3O2S. The Morgan fingerprint density at radius 3 is 2.48 bits per heavy atom. The van der Waals surface area contributed by atoms with E-state index in [0.29, 0.717) is 21.3 Å². The molecule has 3 aromatic rings. The molecule has 1 aromatic heterocycles. The lowest BCUT2D eigenvalue weighted by Crippen LogP contribution is -1.87. The zero-order chi connectivity index (χ0) is 17.8. The van der Waals surface area contributed by atoms with Crippen molar-refractivity contribution in [2.45, 2.75) is 0 Å². The predicted octanol–water partition coefficient (Wildman–Crippen LogP) is 5.44. The van der Waals surface area contributed by atoms with E-state index in [1.165, 1.54) is 23.5 Å². The van der Waals surface area contributed by atoms with E-state index in [1.807, 2.05) is 17.5 Å². The Morgan fingerprint density at radius 2 is 1.88 bits per heavy atom. The van der Waals surface area contributed by atoms with Crippen LogP contribution in [0.15, 0.2) is 53.9 Å². The first-order valence-electron chi connectivity index (χ1n) is 7.15. The number of thiazole rings is 1. The summed E-state index contributed by atoms with van der Waals surface area (Å²) in [6.07, 6.45) is 1.74. The van der Waals surface area contributed by atoms with Gasteiger partial charge >= 0.3 is 0 Å². The van der Waals surface area contributed by atoms with Crippen molar-refractivity contribution in [2.24, 2.45) is 0 Å². The van der Waals surface area contributed by atoms with Crippen molar-refractivity contribution in [1.29, 1.82) is 5.26 Å². The van der Waals surface area contributed by atoms with E-state index in [-0.39, 0.29) is 5.69 Å². The third kappa shape index (κ3) is 3.91. The van der Waals surface area contributed by atoms with Crippen molar-refractivity contribution in [3.8, 4) is 17.3 Å². The van der Waals surface area contributed by atoms with Crippen LogP contribution in [-0.2, 0) is 0 Å². The van der Waals surface area contributed by atoms with Crippen molar-refractivity contribution in [3.63, 3.8) is 0 Å². The highest BCUT2D eigenvalue weighted by atomic mass is 35.5. The Bertz CT molecular complexity index is 986. The van der Waals surface area contributed by atoms with Gasteiger partial charge in [-0.25, -0.2) is 4.98 Å². The molecule has 0 fully saturated rings. The number of nitriles is 1. The normalized spacial score (nSPS) is 11.1. The molecule has 0 amide bonds. The summed E-state index contributed by atoms with van der Waals surface area (Å²) in [5.41, 5.74) is 2.76. The molecule has 122 valence electrons. The number of nitro groups is 1. The molecule has 0 aliphatic carbocycles. The molecule has 2 aromatic carbocycles. The van der Waals surface area contributed by atoms with Crippen molar-refractivity contribution >= 4 is 40.3 Å². The molecule has 0 N–H and O–H groups in total. The number of nitrogens with zero attached hydrogens (tertiary/aromatic N) is 3. The summed E-state index contributed by atoms with van der Waals surface area (Å²) >= 11 is 7.21. The Kier molecular flexibility index (Phi) is 4.89. The Balaban J connectivity index is 1.90. The summed E-state index contributed by atoms with van der Waals surface area (Å²) in [5, 5.41) is 23.2. The van der Waals surface area contributed by atoms with Crippen LogP contribution in [0.3, 0.4) is 0 Å². The summed E-state index contributed by atoms with van der Waals surface area (Å²) in [6, 6.07) is 15.5. The quantitative estimate of drug-likeness (QED) is 0.349. The van der Waals surface area contributed by atoms with Gasteiger partial charge in [-0.2, -0.15) is 5.26 Å². The van der Waals surface area contributed by atoms with Gasteiger partial charge in [0, 0.05) is 28.1 Å². The van der Waals surface area contributed by atoms with Crippen LogP contribution in [0.1, 0.15) is 10.6 Å². The number of nitro benzene ring substituents is 1. The van der Waals surface area contributed by atoms with Crippen LogP contribution in [0, 0.1) is 21.4 Å². The Morgan fingerprint density at radius 1 is 1.20 bits per heavy atom. The minimum atomic E-state index is -0.446. The lowest BCUT2D eigenvalue weighted by atomic mass is 10.1. The van der Waals surface area contributed by atoms with Crippen LogP contribution < -0.4 is 0 Å². The monoisotopic (exact) mass is 367 g/mol. The highest BCUT2D eigenvalue weighted by Gasteiger charge is 2.11. The number of hydrogen-bond acceptors (Lipinski definition) is 5. The lowest BCUT2D eigenvalue weighted by Gasteiger charge is -1.97. The number of allylic oxidation sites excluding steroid dienone is 1. The standard InChI is InChI=1S/C18H10ClN3O2S/c19-15-5-1-12(2-6-15)9-14(10-20)18-21-17(11-25-18)13-3-7-16(8-4-13)22(23)24/h1-9,11H. The minimum Gasteiger partial charge on any atom is -0.258 e. The molecule has 1 heterocycles. The second-order valence-corrected chi connectivity index (χ2v) is 6.36. The number of halogens is 1. The highest BCUT2D eigenvalue weighted by Crippen LogP contribution is 2.28. The molecule has 25 heavy (non-hydrogen) atoms. The maximum atomic E-state index is 10.7. The molecule has 0 aliphatic heterocycles. The SMILES string of the molecule is N#CC(=Cc1ccc(Cl)cc1)c1nc(-c2ccc([N+](=O)[O-])cc2)cs1. The summed E-state index contributed by atoms with van der Waals surface area (Å²) < 4.78 is 0. The van der Waals surface area contributed by atoms with Gasteiger partial charge in [-0.1, -0.05) is 23.7 Å². The van der Waals surface area contributed by atoms with E-state index in [4.69, 9.17) is 11.6 Å². The van der Waals surface area contributed by atoms with Crippen molar-refractivity contribution in [1.82, 2.24) is 4.98 Å². The van der Waals surface area contributed by atoms with E-state index < -0.39 is 4.92 Å². The molecule has 3 rings (SSSR count). The first-order valence-corrected chi connectivity index (χ1v) is 8.40. The van der Waals surface area contributed by atoms with Gasteiger partial charge in [0.2, 0.25) is 0 Å². The van der Waals surface area contributed by atoms with Gasteiger partial charge in [0.15, 0.2) is 0 Å². The fourth-order valence-electron chi connectivity index (χ4n) is 2.15. The molecule has 5 nitrogen and oxygen atoms in total. The van der Waals surface area contributed by atoms with E-state index in [9.17, 15) is 15.4 Å². The smallest absolute Gasteiger partial charge is 0.258 e. The first-order chi connectivity index (χ1) is 12.1. The van der Waals surface area contributed by atoms with Crippen LogP contribution in [0.4, 0.5) is 5.69 Å². The molecule has 0 saturated heterocycles. The molecular weight excluding hydrogens is 358 g/mol. The average molecular weight is 368 g/mol. The highest BCUT2D eigenvalue weighted by molar-refractivity contribution is 7.11. The Labute approximate surface area is 152 Å². The van der Waals surface area contributed by atoms with Crippen LogP contribution in [0.25, 0.3) is 22.9 Å². The van der Waals surface area contributed by atoms with E-state index in [0.717, 1.165) is 11.1 Å². The van der Waals surface area contributed by atoms with Gasteiger partial charge in [-0.05, 0) is 35.9 Å². The third-order valence-electron chi connectivity index (χ3n) is 3.41. The minimum absolute atomic E-state index is 0.0274. The summed E-state index contributed by atoms with van der Waals surface area (Å²) in [6.45, 7) is 0. The van der Waals surface area contributed by atoms with E-state index >= 15 is 0 Å². The van der Waals surface area contributed by atoms with Gasteiger partial charge in [0.05, 0.1) is 16.2 Å². The molecule has 7 heteroatoms. The van der Waals surface area contributed by atoms with Crippen molar-refractivity contribution in [2.75, 3.05) is 0 Å². The second-order valence-electron chi connectivity index (χ2n) is 5.06. The maximum absolute atomic E-state index is 10.7. The zero-order valence-electron chi connectivity index (χ0n) is 12.7. The average Bonchev–Trinajstić information content (AvgIpc) is 3.11. The topological polar surface area (TPSA) is 79.8 Å². The van der Waals surface area contributed by atoms with Gasteiger partial charge in [-0.15, -0.1) is 11.3 Å². The fourth-order valence-corrected chi connectivity index (χ4v) is 3.07. The predicted molar refractivity (Wildman–Crippen MR) is 99.1 cm³/mol. The largest absolute Gasteiger partial charge is 0.269 e. The van der Waals surface area contributed by atoms with Crippen LogP contribution in [0.2, 0.25) is 5.02 Å². The molecule has 0 spiro atoms. The van der Waals surface area contributed by atoms with Crippen LogP contribution in [0.5, 0.6) is 0 Å². The van der Waals surface area contributed by atoms with Crippen LogP contribution >= 0.6 is 22.9 Å². The van der Waals surface area contributed by atoms with Gasteiger partial charge < -0.3 is 0 Å². The summed E-state index contributed by atoms with van der Waals surface area (Å²) in [5.74, 6) is 0. The number of non-ortho nitro benzene ring substituents is 1. The molecule has 0 saturated carbocycles. The third-order valence-corrected chi connectivity index (χ3v) is 4.54. The molecule has 0 unspecified atom stereocenters. The fraction of sp³-hybridized carbons (Fsp3) is 0. The van der Waals surface area contributed by atoms with Gasteiger partial charge in [0.1, 0.15) is 11.1 Å². The van der Waals surface area contributed by atoms with E-state index in [2.05, 4.69) is 11.1 Å². The van der Waals surface area contributed by atoms with E-state index in [1.54, 1.807) is 30.3 Å². The molecule has 0 radical (unpaired) electrons. The number of aromatic nitrogens is 1. The Hall–Kier alpha value is -3.01. The zero-order valence-corrected chi connectivity index (χ0v) is 14.3. The first kappa shape index (κ1) is 16.8. The molecule has 0 bridgehead atoms. The second kappa shape index (κ2) is 7.26. The number of rotatable bonds is 4. The lowest BCUT2D eigenvalue weighted by molar-refractivity contribution is -0.384. The summed E-state index contributed by atoms with van der Waals surface area (Å²) in [7, 11) is 0. The number of hydrogen-bond donors (Lipinski definition) is 0. The molecule has 0 atom stereocenters. The maximum Gasteiger partial charge on any atom is 0.269 e. The van der Waals surface area contributed by atoms with Gasteiger partial charge in [-0.3, -0.25) is 10.1 Å². The summed E-state index contributed by atoms with van der Waals surface area (Å²) in [4.78, 5) is 14.7. The van der Waals surface area contributed by atoms with Gasteiger partial charge in [0.25, 0.3) is 5.69 Å². The van der Waals surface area contributed by atoms with Crippen molar-refractivity contribution in [3.05, 3.63) is 79.6 Å². The molecule has 0 aliphatic rings. The van der Waals surface area contributed by atoms with Crippen LogP contribution in [-0.4, -0.2) is 9.91 Å².